The largest absolute Gasteiger partial charge is 0.383 e. The van der Waals surface area contributed by atoms with Gasteiger partial charge < -0.3 is 4.74 Å². The van der Waals surface area contributed by atoms with Gasteiger partial charge >= 0.3 is 0 Å². The number of hydrogen-bond acceptors (Lipinski definition) is 3. The van der Waals surface area contributed by atoms with E-state index in [-0.39, 0.29) is 0 Å². The summed E-state index contributed by atoms with van der Waals surface area (Å²) in [5, 5.41) is 9.43. The molecule has 108 valence electrons. The van der Waals surface area contributed by atoms with Crippen molar-refractivity contribution in [3.8, 4) is 16.9 Å². The molecule has 2 aromatic heterocycles. The lowest BCUT2D eigenvalue weighted by Crippen LogP contribution is -2.03. The minimum Gasteiger partial charge on any atom is -0.383 e. The molecule has 0 atom stereocenters. The molecule has 1 aromatic carbocycles. The normalized spacial score (nSPS) is 11.0. The van der Waals surface area contributed by atoms with Crippen molar-refractivity contribution in [2.24, 2.45) is 0 Å². The monoisotopic (exact) mass is 302 g/mol. The van der Waals surface area contributed by atoms with Crippen LogP contribution in [0.2, 0.25) is 5.02 Å². The van der Waals surface area contributed by atoms with Gasteiger partial charge in [-0.15, -0.1) is 0 Å². The molecule has 3 aromatic rings. The average Bonchev–Trinajstić information content (AvgIpc) is 3.12. The zero-order valence-corrected chi connectivity index (χ0v) is 12.4. The number of para-hydroxylation sites is 1. The van der Waals surface area contributed by atoms with E-state index in [1.165, 1.54) is 0 Å². The Hall–Kier alpha value is -2.11. The van der Waals surface area contributed by atoms with E-state index in [1.54, 1.807) is 24.2 Å². The van der Waals surface area contributed by atoms with Crippen LogP contribution in [0.15, 0.2) is 48.9 Å². The number of aromatic nitrogens is 4. The third kappa shape index (κ3) is 2.99. The van der Waals surface area contributed by atoms with Gasteiger partial charge in [-0.2, -0.15) is 10.2 Å². The Morgan fingerprint density at radius 1 is 1.19 bits per heavy atom. The standard InChI is InChI=1S/C15H15ClN4O/c1-21-8-7-19-10-12(9-17-19)15-14(16)11-20(18-15)13-5-3-2-4-6-13/h2-6,9-11H,7-8H2,1H3. The number of benzene rings is 1. The molecule has 0 N–H and O–H groups in total. The van der Waals surface area contributed by atoms with Gasteiger partial charge in [0.15, 0.2) is 0 Å². The van der Waals surface area contributed by atoms with Gasteiger partial charge in [-0.25, -0.2) is 4.68 Å². The summed E-state index contributed by atoms with van der Waals surface area (Å²) in [6.07, 6.45) is 5.49. The van der Waals surface area contributed by atoms with Gasteiger partial charge in [0.1, 0.15) is 5.69 Å². The molecule has 2 heterocycles. The summed E-state index contributed by atoms with van der Waals surface area (Å²) in [6, 6.07) is 9.86. The second kappa shape index (κ2) is 6.11. The van der Waals surface area contributed by atoms with Gasteiger partial charge in [0, 0.05) is 18.9 Å². The Bertz CT molecular complexity index is 720. The molecule has 0 spiro atoms. The maximum Gasteiger partial charge on any atom is 0.114 e. The molecule has 0 aliphatic heterocycles. The second-order valence-electron chi connectivity index (χ2n) is 4.59. The zero-order valence-electron chi connectivity index (χ0n) is 11.6. The quantitative estimate of drug-likeness (QED) is 0.727. The lowest BCUT2D eigenvalue weighted by Gasteiger charge is -1.99. The van der Waals surface area contributed by atoms with Crippen molar-refractivity contribution >= 4 is 11.6 Å². The van der Waals surface area contributed by atoms with Crippen LogP contribution in [0.25, 0.3) is 16.9 Å². The predicted octanol–water partition coefficient (Wildman–Crippen LogP) is 3.04. The molecule has 0 fully saturated rings. The van der Waals surface area contributed by atoms with E-state index in [2.05, 4.69) is 10.2 Å². The predicted molar refractivity (Wildman–Crippen MR) is 81.7 cm³/mol. The minimum absolute atomic E-state index is 0.602. The van der Waals surface area contributed by atoms with E-state index >= 15 is 0 Å². The molecule has 0 saturated carbocycles. The second-order valence-corrected chi connectivity index (χ2v) is 5.00. The number of ether oxygens (including phenoxy) is 1. The first-order valence-corrected chi connectivity index (χ1v) is 6.98. The van der Waals surface area contributed by atoms with Crippen LogP contribution >= 0.6 is 11.6 Å². The fourth-order valence-electron chi connectivity index (χ4n) is 2.05. The highest BCUT2D eigenvalue weighted by Gasteiger charge is 2.12. The van der Waals surface area contributed by atoms with E-state index in [4.69, 9.17) is 16.3 Å². The molecule has 0 amide bonds. The highest BCUT2D eigenvalue weighted by atomic mass is 35.5. The molecule has 0 radical (unpaired) electrons. The number of halogens is 1. The summed E-state index contributed by atoms with van der Waals surface area (Å²) < 4.78 is 8.62. The van der Waals surface area contributed by atoms with Crippen molar-refractivity contribution in [2.45, 2.75) is 6.54 Å². The van der Waals surface area contributed by atoms with Crippen LogP contribution in [0.1, 0.15) is 0 Å². The summed E-state index contributed by atoms with van der Waals surface area (Å²) in [5.41, 5.74) is 2.59. The molecule has 6 heteroatoms. The Morgan fingerprint density at radius 2 is 2.00 bits per heavy atom. The summed E-state index contributed by atoms with van der Waals surface area (Å²) in [7, 11) is 1.67. The van der Waals surface area contributed by atoms with Gasteiger partial charge in [0.2, 0.25) is 0 Å². The van der Waals surface area contributed by atoms with Gasteiger partial charge in [-0.3, -0.25) is 4.68 Å². The van der Waals surface area contributed by atoms with Crippen molar-refractivity contribution in [1.29, 1.82) is 0 Å². The lowest BCUT2D eigenvalue weighted by molar-refractivity contribution is 0.183. The first-order valence-electron chi connectivity index (χ1n) is 6.60. The van der Waals surface area contributed by atoms with Crippen LogP contribution in [0, 0.1) is 0 Å². The SMILES string of the molecule is COCCn1cc(-c2nn(-c3ccccc3)cc2Cl)cn1. The Labute approximate surface area is 127 Å². The Kier molecular flexibility index (Phi) is 4.03. The van der Waals surface area contributed by atoms with E-state index in [9.17, 15) is 0 Å². The van der Waals surface area contributed by atoms with E-state index in [1.807, 2.05) is 41.2 Å². The lowest BCUT2D eigenvalue weighted by atomic mass is 10.3. The third-order valence-corrected chi connectivity index (χ3v) is 3.40. The fraction of sp³-hybridized carbons (Fsp3) is 0.200. The van der Waals surface area contributed by atoms with Crippen molar-refractivity contribution < 1.29 is 4.74 Å². The minimum atomic E-state index is 0.602. The van der Waals surface area contributed by atoms with Crippen molar-refractivity contribution in [3.05, 3.63) is 53.9 Å². The highest BCUT2D eigenvalue weighted by molar-refractivity contribution is 6.33. The molecule has 0 bridgehead atoms. The van der Waals surface area contributed by atoms with Gasteiger partial charge in [0.25, 0.3) is 0 Å². The van der Waals surface area contributed by atoms with Crippen molar-refractivity contribution in [1.82, 2.24) is 19.6 Å². The van der Waals surface area contributed by atoms with E-state index < -0.39 is 0 Å². The smallest absolute Gasteiger partial charge is 0.114 e. The van der Waals surface area contributed by atoms with Gasteiger partial charge in [-0.05, 0) is 12.1 Å². The first kappa shape index (κ1) is 13.9. The van der Waals surface area contributed by atoms with Gasteiger partial charge in [-0.1, -0.05) is 29.8 Å². The molecular formula is C15H15ClN4O. The van der Waals surface area contributed by atoms with E-state index in [0.717, 1.165) is 16.9 Å². The fourth-order valence-corrected chi connectivity index (χ4v) is 2.29. The molecule has 0 aliphatic carbocycles. The highest BCUT2D eigenvalue weighted by Crippen LogP contribution is 2.27. The maximum absolute atomic E-state index is 6.30. The number of hydrogen-bond donors (Lipinski definition) is 0. The van der Waals surface area contributed by atoms with Crippen LogP contribution < -0.4 is 0 Å². The number of rotatable bonds is 5. The molecule has 0 aliphatic rings. The molecular weight excluding hydrogens is 288 g/mol. The molecule has 21 heavy (non-hydrogen) atoms. The summed E-state index contributed by atoms with van der Waals surface area (Å²) in [4.78, 5) is 0. The molecule has 3 rings (SSSR count). The van der Waals surface area contributed by atoms with E-state index in [0.29, 0.717) is 18.2 Å². The number of nitrogens with zero attached hydrogens (tertiary/aromatic N) is 4. The first-order chi connectivity index (χ1) is 10.3. The topological polar surface area (TPSA) is 44.9 Å². The summed E-state index contributed by atoms with van der Waals surface area (Å²) in [6.45, 7) is 1.32. The van der Waals surface area contributed by atoms with Crippen molar-refractivity contribution in [2.75, 3.05) is 13.7 Å². The maximum atomic E-state index is 6.30. The zero-order chi connectivity index (χ0) is 14.7. The van der Waals surface area contributed by atoms with Crippen LogP contribution in [-0.4, -0.2) is 33.3 Å². The Balaban J connectivity index is 1.89. The number of methoxy groups -OCH3 is 1. The summed E-state index contributed by atoms with van der Waals surface area (Å²) >= 11 is 6.30. The van der Waals surface area contributed by atoms with Crippen LogP contribution in [0.4, 0.5) is 0 Å². The summed E-state index contributed by atoms with van der Waals surface area (Å²) in [5.74, 6) is 0. The third-order valence-electron chi connectivity index (χ3n) is 3.12. The van der Waals surface area contributed by atoms with Crippen LogP contribution in [0.5, 0.6) is 0 Å². The average molecular weight is 303 g/mol. The van der Waals surface area contributed by atoms with Gasteiger partial charge in [0.05, 0.1) is 36.3 Å². The van der Waals surface area contributed by atoms with Crippen molar-refractivity contribution in [3.63, 3.8) is 0 Å². The molecule has 0 saturated heterocycles. The van der Waals surface area contributed by atoms with Crippen LogP contribution in [-0.2, 0) is 11.3 Å². The van der Waals surface area contributed by atoms with Crippen LogP contribution in [0.3, 0.4) is 0 Å². The molecule has 5 nitrogen and oxygen atoms in total. The Morgan fingerprint density at radius 3 is 2.76 bits per heavy atom. The molecule has 0 unspecified atom stereocenters.